The Bertz CT molecular complexity index is 265. The molecule has 0 aliphatic carbocycles. The van der Waals surface area contributed by atoms with Crippen LogP contribution in [-0.4, -0.2) is 35.6 Å². The summed E-state index contributed by atoms with van der Waals surface area (Å²) in [6.45, 7) is 4.81. The second kappa shape index (κ2) is 6.47. The van der Waals surface area contributed by atoms with E-state index in [0.29, 0.717) is 12.3 Å². The Hall–Kier alpha value is -1.01. The first-order valence-electron chi connectivity index (χ1n) is 5.56. The molecule has 3 nitrogen and oxygen atoms in total. The van der Waals surface area contributed by atoms with E-state index in [1.165, 1.54) is 12.8 Å². The van der Waals surface area contributed by atoms with E-state index in [1.807, 2.05) is 6.92 Å². The van der Waals surface area contributed by atoms with Crippen molar-refractivity contribution >= 4 is 5.97 Å². The van der Waals surface area contributed by atoms with Crippen LogP contribution in [0.15, 0.2) is 0 Å². The maximum atomic E-state index is 10.5. The summed E-state index contributed by atoms with van der Waals surface area (Å²) in [5.41, 5.74) is 0. The zero-order chi connectivity index (χ0) is 11.1. The van der Waals surface area contributed by atoms with Crippen LogP contribution in [0.1, 0.15) is 32.6 Å². The fourth-order valence-corrected chi connectivity index (χ4v) is 2.05. The topological polar surface area (TPSA) is 40.5 Å². The average molecular weight is 209 g/mol. The van der Waals surface area contributed by atoms with E-state index in [2.05, 4.69) is 16.7 Å². The van der Waals surface area contributed by atoms with Gasteiger partial charge >= 0.3 is 5.97 Å². The normalized spacial score (nSPS) is 21.8. The highest BCUT2D eigenvalue weighted by atomic mass is 16.4. The molecular weight excluding hydrogens is 190 g/mol. The molecule has 0 saturated carbocycles. The monoisotopic (exact) mass is 209 g/mol. The minimum Gasteiger partial charge on any atom is -0.481 e. The molecule has 3 heteroatoms. The third-order valence-corrected chi connectivity index (χ3v) is 2.85. The van der Waals surface area contributed by atoms with Gasteiger partial charge in [-0.25, -0.2) is 0 Å². The molecule has 1 rings (SSSR count). The molecule has 0 spiro atoms. The number of hydrogen-bond acceptors (Lipinski definition) is 2. The summed E-state index contributed by atoms with van der Waals surface area (Å²) in [5, 5.41) is 8.62. The van der Waals surface area contributed by atoms with Crippen LogP contribution < -0.4 is 0 Å². The van der Waals surface area contributed by atoms with E-state index in [0.717, 1.165) is 26.1 Å². The number of piperidine rings is 1. The van der Waals surface area contributed by atoms with Gasteiger partial charge in [-0.3, -0.25) is 9.69 Å². The fourth-order valence-electron chi connectivity index (χ4n) is 2.05. The summed E-state index contributed by atoms with van der Waals surface area (Å²) >= 11 is 0. The minimum atomic E-state index is -0.680. The Labute approximate surface area is 91.5 Å². The first-order chi connectivity index (χ1) is 7.22. The van der Waals surface area contributed by atoms with Crippen LogP contribution in [0.4, 0.5) is 0 Å². The molecule has 0 amide bonds. The molecule has 1 aliphatic heterocycles. The smallest absolute Gasteiger partial charge is 0.303 e. The first kappa shape index (κ1) is 12.1. The number of carboxylic acid groups (broad SMARTS) is 1. The van der Waals surface area contributed by atoms with Crippen LogP contribution in [0.5, 0.6) is 0 Å². The number of carboxylic acids is 1. The summed E-state index contributed by atoms with van der Waals surface area (Å²) in [7, 11) is 0. The molecular formula is C12H19NO2. The van der Waals surface area contributed by atoms with E-state index < -0.39 is 5.97 Å². The maximum Gasteiger partial charge on any atom is 0.303 e. The highest BCUT2D eigenvalue weighted by molar-refractivity contribution is 5.66. The predicted molar refractivity (Wildman–Crippen MR) is 59.5 cm³/mol. The number of carbonyl (C=O) groups is 1. The summed E-state index contributed by atoms with van der Waals surface area (Å²) < 4.78 is 0. The largest absolute Gasteiger partial charge is 0.481 e. The van der Waals surface area contributed by atoms with Crippen molar-refractivity contribution in [3.8, 4) is 11.8 Å². The molecule has 0 radical (unpaired) electrons. The lowest BCUT2D eigenvalue weighted by Crippen LogP contribution is -2.35. The Kier molecular flexibility index (Phi) is 5.20. The van der Waals surface area contributed by atoms with Crippen molar-refractivity contribution in [2.75, 3.05) is 19.6 Å². The van der Waals surface area contributed by atoms with E-state index in [1.54, 1.807) is 0 Å². The van der Waals surface area contributed by atoms with Gasteiger partial charge in [-0.1, -0.05) is 5.92 Å². The van der Waals surface area contributed by atoms with Crippen molar-refractivity contribution in [1.82, 2.24) is 4.90 Å². The molecule has 15 heavy (non-hydrogen) atoms. The van der Waals surface area contributed by atoms with Crippen molar-refractivity contribution in [2.45, 2.75) is 32.6 Å². The molecule has 1 fully saturated rings. The van der Waals surface area contributed by atoms with Gasteiger partial charge < -0.3 is 5.11 Å². The molecule has 84 valence electrons. The highest BCUT2D eigenvalue weighted by Gasteiger charge is 2.19. The molecule has 0 aromatic rings. The maximum absolute atomic E-state index is 10.5. The number of hydrogen-bond donors (Lipinski definition) is 1. The SMILES string of the molecule is CC#CCN1CCCC(CCC(=O)O)C1. The lowest BCUT2D eigenvalue weighted by molar-refractivity contribution is -0.137. The second-order valence-corrected chi connectivity index (χ2v) is 4.10. The lowest BCUT2D eigenvalue weighted by Gasteiger charge is -2.31. The second-order valence-electron chi connectivity index (χ2n) is 4.10. The van der Waals surface area contributed by atoms with E-state index in [9.17, 15) is 4.79 Å². The van der Waals surface area contributed by atoms with E-state index in [-0.39, 0.29) is 0 Å². The van der Waals surface area contributed by atoms with Crippen LogP contribution in [0, 0.1) is 17.8 Å². The number of nitrogens with zero attached hydrogens (tertiary/aromatic N) is 1. The molecule has 1 atom stereocenters. The fraction of sp³-hybridized carbons (Fsp3) is 0.750. The summed E-state index contributed by atoms with van der Waals surface area (Å²) in [5.74, 6) is 5.83. The van der Waals surface area contributed by atoms with Gasteiger partial charge in [0.2, 0.25) is 0 Å². The Morgan fingerprint density at radius 1 is 1.60 bits per heavy atom. The van der Waals surface area contributed by atoms with Crippen LogP contribution in [0.25, 0.3) is 0 Å². The minimum absolute atomic E-state index is 0.304. The van der Waals surface area contributed by atoms with Gasteiger partial charge in [-0.15, -0.1) is 5.92 Å². The van der Waals surface area contributed by atoms with Gasteiger partial charge in [0, 0.05) is 13.0 Å². The summed E-state index contributed by atoms with van der Waals surface area (Å²) in [4.78, 5) is 12.8. The molecule has 1 N–H and O–H groups in total. The Balaban J connectivity index is 2.27. The van der Waals surface area contributed by atoms with Gasteiger partial charge in [-0.05, 0) is 38.6 Å². The zero-order valence-electron chi connectivity index (χ0n) is 9.33. The van der Waals surface area contributed by atoms with Gasteiger partial charge in [0.05, 0.1) is 6.54 Å². The molecule has 1 aliphatic rings. The van der Waals surface area contributed by atoms with Gasteiger partial charge in [0.25, 0.3) is 0 Å². The predicted octanol–water partition coefficient (Wildman–Crippen LogP) is 1.59. The molecule has 1 heterocycles. The van der Waals surface area contributed by atoms with Crippen LogP contribution in [0.3, 0.4) is 0 Å². The van der Waals surface area contributed by atoms with E-state index in [4.69, 9.17) is 5.11 Å². The number of rotatable bonds is 4. The van der Waals surface area contributed by atoms with Crippen molar-refractivity contribution in [3.05, 3.63) is 0 Å². The molecule has 1 saturated heterocycles. The van der Waals surface area contributed by atoms with Crippen molar-refractivity contribution in [3.63, 3.8) is 0 Å². The molecule has 1 unspecified atom stereocenters. The average Bonchev–Trinajstić information content (AvgIpc) is 2.24. The van der Waals surface area contributed by atoms with Gasteiger partial charge in [0.1, 0.15) is 0 Å². The van der Waals surface area contributed by atoms with Crippen LogP contribution >= 0.6 is 0 Å². The third-order valence-electron chi connectivity index (χ3n) is 2.85. The molecule has 0 aromatic carbocycles. The molecule has 0 bridgehead atoms. The van der Waals surface area contributed by atoms with E-state index >= 15 is 0 Å². The summed E-state index contributed by atoms with van der Waals surface area (Å²) in [6, 6.07) is 0. The number of likely N-dealkylation sites (tertiary alicyclic amines) is 1. The standard InChI is InChI=1S/C12H19NO2/c1-2-3-8-13-9-4-5-11(10-13)6-7-12(14)15/h11H,4-10H2,1H3,(H,14,15). The van der Waals surface area contributed by atoms with Crippen molar-refractivity contribution in [2.24, 2.45) is 5.92 Å². The quantitative estimate of drug-likeness (QED) is 0.715. The zero-order valence-corrected chi connectivity index (χ0v) is 9.33. The summed E-state index contributed by atoms with van der Waals surface area (Å²) in [6.07, 6.45) is 3.46. The van der Waals surface area contributed by atoms with Crippen molar-refractivity contribution < 1.29 is 9.90 Å². The first-order valence-corrected chi connectivity index (χ1v) is 5.56. The number of aliphatic carboxylic acids is 1. The van der Waals surface area contributed by atoms with Gasteiger partial charge in [-0.2, -0.15) is 0 Å². The molecule has 0 aromatic heterocycles. The Morgan fingerprint density at radius 2 is 2.40 bits per heavy atom. The Morgan fingerprint density at radius 3 is 3.07 bits per heavy atom. The lowest BCUT2D eigenvalue weighted by atomic mass is 9.93. The highest BCUT2D eigenvalue weighted by Crippen LogP contribution is 2.20. The van der Waals surface area contributed by atoms with Crippen LogP contribution in [0.2, 0.25) is 0 Å². The van der Waals surface area contributed by atoms with Crippen LogP contribution in [-0.2, 0) is 4.79 Å². The third kappa shape index (κ3) is 4.85. The van der Waals surface area contributed by atoms with Crippen molar-refractivity contribution in [1.29, 1.82) is 0 Å². The van der Waals surface area contributed by atoms with Gasteiger partial charge in [0.15, 0.2) is 0 Å².